The first-order chi connectivity index (χ1) is 16.8. The maximum atomic E-state index is 4.57. The summed E-state index contributed by atoms with van der Waals surface area (Å²) in [6.07, 6.45) is 2.22. The molecule has 0 bridgehead atoms. The Morgan fingerprint density at radius 1 is 0.618 bits per heavy atom. The van der Waals surface area contributed by atoms with Gasteiger partial charge in [0.05, 0.1) is 0 Å². The average Bonchev–Trinajstić information content (AvgIpc) is 2.93. The van der Waals surface area contributed by atoms with Gasteiger partial charge in [0, 0.05) is 61.8 Å². The summed E-state index contributed by atoms with van der Waals surface area (Å²) in [5.74, 6) is 2.01. The molecule has 0 aromatic heterocycles. The van der Waals surface area contributed by atoms with Gasteiger partial charge < -0.3 is 21.3 Å². The van der Waals surface area contributed by atoms with Gasteiger partial charge in [-0.2, -0.15) is 0 Å². The van der Waals surface area contributed by atoms with Crippen LogP contribution in [0.15, 0.2) is 82.8 Å². The lowest BCUT2D eigenvalue weighted by atomic mass is 10.1. The molecule has 2 aliphatic rings. The molecule has 4 N–H and O–H groups in total. The van der Waals surface area contributed by atoms with E-state index in [-0.39, 0.29) is 0 Å². The second kappa shape index (κ2) is 10.9. The standard InChI is InChI=1S/C28H32N6/c1-4-21(19-33-25-10-6-23(7-11-25)27-29-14-2-15-30-27)18-22(5-1)20-34-26-12-8-24(9-13-26)28-31-16-3-17-32-28/h1,4-13,18,33-34H,2-3,14-17,19-20H2,(H,29,30)(H,31,32). The maximum Gasteiger partial charge on any atom is 0.128 e. The van der Waals surface area contributed by atoms with Gasteiger partial charge in [-0.1, -0.05) is 24.3 Å². The summed E-state index contributed by atoms with van der Waals surface area (Å²) in [7, 11) is 0. The zero-order valence-electron chi connectivity index (χ0n) is 19.5. The molecule has 0 spiro atoms. The molecule has 2 aliphatic heterocycles. The molecule has 5 rings (SSSR count). The van der Waals surface area contributed by atoms with E-state index in [1.165, 1.54) is 11.1 Å². The summed E-state index contributed by atoms with van der Waals surface area (Å²) in [5, 5.41) is 13.8. The van der Waals surface area contributed by atoms with Crippen molar-refractivity contribution >= 4 is 23.0 Å². The highest BCUT2D eigenvalue weighted by molar-refractivity contribution is 5.99. The Hall–Kier alpha value is -3.80. The van der Waals surface area contributed by atoms with Crippen LogP contribution in [0.25, 0.3) is 0 Å². The Bertz CT molecular complexity index is 1060. The SMILES string of the molecule is c1cc(CNc2ccc(C3=NCCCN3)cc2)cc(CNc2ccc(C3=NCCCN3)cc2)c1. The van der Waals surface area contributed by atoms with Crippen LogP contribution < -0.4 is 21.3 Å². The third-order valence-corrected chi connectivity index (χ3v) is 6.10. The Balaban J connectivity index is 1.13. The summed E-state index contributed by atoms with van der Waals surface area (Å²) < 4.78 is 0. The number of benzene rings is 3. The average molecular weight is 453 g/mol. The largest absolute Gasteiger partial charge is 0.381 e. The zero-order chi connectivity index (χ0) is 23.0. The van der Waals surface area contributed by atoms with E-state index < -0.39 is 0 Å². The predicted molar refractivity (Wildman–Crippen MR) is 142 cm³/mol. The number of hydrogen-bond acceptors (Lipinski definition) is 6. The minimum absolute atomic E-state index is 0.788. The van der Waals surface area contributed by atoms with E-state index in [4.69, 9.17) is 0 Å². The van der Waals surface area contributed by atoms with Crippen LogP contribution in [0.1, 0.15) is 35.1 Å². The van der Waals surface area contributed by atoms with Crippen molar-refractivity contribution in [2.45, 2.75) is 25.9 Å². The van der Waals surface area contributed by atoms with Gasteiger partial charge in [0.2, 0.25) is 0 Å². The van der Waals surface area contributed by atoms with Crippen LogP contribution in [0.2, 0.25) is 0 Å². The van der Waals surface area contributed by atoms with Gasteiger partial charge in [0.15, 0.2) is 0 Å². The highest BCUT2D eigenvalue weighted by Gasteiger charge is 2.08. The lowest BCUT2D eigenvalue weighted by Gasteiger charge is -2.15. The van der Waals surface area contributed by atoms with Gasteiger partial charge in [-0.25, -0.2) is 0 Å². The highest BCUT2D eigenvalue weighted by atomic mass is 15.0. The van der Waals surface area contributed by atoms with Crippen molar-refractivity contribution < 1.29 is 0 Å². The second-order valence-corrected chi connectivity index (χ2v) is 8.70. The van der Waals surface area contributed by atoms with Crippen molar-refractivity contribution in [3.05, 3.63) is 95.1 Å². The van der Waals surface area contributed by atoms with Crippen LogP contribution in [0, 0.1) is 0 Å². The van der Waals surface area contributed by atoms with E-state index in [2.05, 4.69) is 104 Å². The molecule has 0 unspecified atom stereocenters. The Morgan fingerprint density at radius 2 is 1.09 bits per heavy atom. The van der Waals surface area contributed by atoms with Crippen LogP contribution in [-0.2, 0) is 13.1 Å². The summed E-state index contributed by atoms with van der Waals surface area (Å²) in [6.45, 7) is 5.40. The van der Waals surface area contributed by atoms with Crippen LogP contribution in [0.3, 0.4) is 0 Å². The smallest absolute Gasteiger partial charge is 0.128 e. The number of anilines is 2. The van der Waals surface area contributed by atoms with Crippen LogP contribution in [0.4, 0.5) is 11.4 Å². The number of aliphatic imine (C=N–C) groups is 2. The quantitative estimate of drug-likeness (QED) is 0.409. The summed E-state index contributed by atoms with van der Waals surface area (Å²) >= 11 is 0. The number of hydrogen-bond donors (Lipinski definition) is 4. The number of nitrogens with one attached hydrogen (secondary N) is 4. The molecule has 0 saturated carbocycles. The van der Waals surface area contributed by atoms with Crippen molar-refractivity contribution in [3.63, 3.8) is 0 Å². The fourth-order valence-electron chi connectivity index (χ4n) is 4.20. The molecule has 0 radical (unpaired) electrons. The van der Waals surface area contributed by atoms with Crippen molar-refractivity contribution in [2.75, 3.05) is 36.8 Å². The molecule has 0 amide bonds. The van der Waals surface area contributed by atoms with Crippen LogP contribution >= 0.6 is 0 Å². The van der Waals surface area contributed by atoms with Gasteiger partial charge in [0.1, 0.15) is 11.7 Å². The fraction of sp³-hybridized carbons (Fsp3) is 0.286. The van der Waals surface area contributed by atoms with Crippen LogP contribution in [-0.4, -0.2) is 37.9 Å². The van der Waals surface area contributed by atoms with Gasteiger partial charge in [-0.3, -0.25) is 9.98 Å². The monoisotopic (exact) mass is 452 g/mol. The lowest BCUT2D eigenvalue weighted by molar-refractivity contribution is 0.742. The van der Waals surface area contributed by atoms with Gasteiger partial charge in [-0.15, -0.1) is 0 Å². The number of rotatable bonds is 8. The molecule has 174 valence electrons. The van der Waals surface area contributed by atoms with Crippen LogP contribution in [0.5, 0.6) is 0 Å². The lowest BCUT2D eigenvalue weighted by Crippen LogP contribution is -2.30. The van der Waals surface area contributed by atoms with Gasteiger partial charge in [-0.05, 0) is 72.5 Å². The summed E-state index contributed by atoms with van der Waals surface area (Å²) in [5.41, 5.74) is 7.04. The molecule has 34 heavy (non-hydrogen) atoms. The van der Waals surface area contributed by atoms with Crippen molar-refractivity contribution in [2.24, 2.45) is 9.98 Å². The third kappa shape index (κ3) is 5.76. The molecule has 3 aromatic carbocycles. The zero-order valence-corrected chi connectivity index (χ0v) is 19.5. The molecule has 0 saturated heterocycles. The van der Waals surface area contributed by atoms with Crippen molar-refractivity contribution in [3.8, 4) is 0 Å². The normalized spacial score (nSPS) is 15.4. The van der Waals surface area contributed by atoms with E-state index in [0.29, 0.717) is 0 Å². The molecular formula is C28H32N6. The maximum absolute atomic E-state index is 4.57. The Kier molecular flexibility index (Phi) is 7.04. The molecule has 2 heterocycles. The Morgan fingerprint density at radius 3 is 1.50 bits per heavy atom. The molecule has 0 atom stereocenters. The third-order valence-electron chi connectivity index (χ3n) is 6.10. The van der Waals surface area contributed by atoms with Crippen molar-refractivity contribution in [1.82, 2.24) is 10.6 Å². The van der Waals surface area contributed by atoms with Gasteiger partial charge in [0.25, 0.3) is 0 Å². The van der Waals surface area contributed by atoms with E-state index >= 15 is 0 Å². The first-order valence-corrected chi connectivity index (χ1v) is 12.2. The predicted octanol–water partition coefficient (Wildman–Crippen LogP) is 4.39. The number of amidine groups is 2. The summed E-state index contributed by atoms with van der Waals surface area (Å²) in [6, 6.07) is 25.7. The van der Waals surface area contributed by atoms with E-state index in [1.54, 1.807) is 0 Å². The minimum Gasteiger partial charge on any atom is -0.381 e. The first kappa shape index (κ1) is 22.0. The molecule has 0 aliphatic carbocycles. The topological polar surface area (TPSA) is 72.8 Å². The molecule has 0 fully saturated rings. The minimum atomic E-state index is 0.788. The molecular weight excluding hydrogens is 420 g/mol. The molecule has 6 nitrogen and oxygen atoms in total. The van der Waals surface area contributed by atoms with E-state index in [0.717, 1.165) is 86.3 Å². The summed E-state index contributed by atoms with van der Waals surface area (Å²) in [4.78, 5) is 9.14. The Labute approximate surface area is 201 Å². The molecule has 6 heteroatoms. The molecule has 3 aromatic rings. The van der Waals surface area contributed by atoms with E-state index in [1.807, 2.05) is 0 Å². The van der Waals surface area contributed by atoms with E-state index in [9.17, 15) is 0 Å². The second-order valence-electron chi connectivity index (χ2n) is 8.70. The number of nitrogens with zero attached hydrogens (tertiary/aromatic N) is 2. The fourth-order valence-corrected chi connectivity index (χ4v) is 4.20. The van der Waals surface area contributed by atoms with Crippen molar-refractivity contribution in [1.29, 1.82) is 0 Å². The first-order valence-electron chi connectivity index (χ1n) is 12.2. The highest BCUT2D eigenvalue weighted by Crippen LogP contribution is 2.16. The van der Waals surface area contributed by atoms with Gasteiger partial charge >= 0.3 is 0 Å².